The summed E-state index contributed by atoms with van der Waals surface area (Å²) in [5, 5.41) is 14.8. The van der Waals surface area contributed by atoms with E-state index in [9.17, 15) is 4.79 Å². The molecule has 2 heterocycles. The lowest BCUT2D eigenvalue weighted by molar-refractivity contribution is -0.120. The Balaban J connectivity index is 1.50. The molecule has 6 heteroatoms. The molecule has 24 heavy (non-hydrogen) atoms. The fourth-order valence-corrected chi connectivity index (χ4v) is 3.14. The van der Waals surface area contributed by atoms with Crippen molar-refractivity contribution in [2.75, 3.05) is 19.6 Å². The number of carbonyl (C=O) groups excluding carboxylic acids is 1. The highest BCUT2D eigenvalue weighted by atomic mass is 16.1. The minimum absolute atomic E-state index is 0.0157. The number of carbonyl (C=O) groups is 1. The lowest BCUT2D eigenvalue weighted by Crippen LogP contribution is -2.33. The van der Waals surface area contributed by atoms with E-state index in [0.717, 1.165) is 43.1 Å². The average molecular weight is 327 g/mol. The molecular formula is C18H25N5O. The van der Waals surface area contributed by atoms with Gasteiger partial charge in [-0.3, -0.25) is 4.79 Å². The summed E-state index contributed by atoms with van der Waals surface area (Å²) in [6, 6.07) is 9.84. The van der Waals surface area contributed by atoms with Crippen LogP contribution in [0.25, 0.3) is 5.69 Å². The number of nitrogens with one attached hydrogen (secondary N) is 2. The zero-order valence-electron chi connectivity index (χ0n) is 14.2. The number of amides is 1. The van der Waals surface area contributed by atoms with E-state index in [2.05, 4.69) is 20.9 Å². The van der Waals surface area contributed by atoms with E-state index >= 15 is 0 Å². The Labute approximate surface area is 142 Å². The number of benzene rings is 1. The maximum Gasteiger partial charge on any atom is 0.226 e. The summed E-state index contributed by atoms with van der Waals surface area (Å²) in [6.45, 7) is 4.87. The van der Waals surface area contributed by atoms with Gasteiger partial charge in [-0.15, -0.1) is 5.10 Å². The topological polar surface area (TPSA) is 71.8 Å². The van der Waals surface area contributed by atoms with Crippen LogP contribution in [0.15, 0.2) is 30.3 Å². The molecule has 1 aromatic carbocycles. The van der Waals surface area contributed by atoms with Crippen molar-refractivity contribution in [1.82, 2.24) is 25.6 Å². The Kier molecular flexibility index (Phi) is 5.59. The molecule has 0 saturated carbocycles. The summed E-state index contributed by atoms with van der Waals surface area (Å²) < 4.78 is 1.77. The lowest BCUT2D eigenvalue weighted by Gasteiger charge is -2.22. The highest BCUT2D eigenvalue weighted by molar-refractivity contribution is 5.78. The van der Waals surface area contributed by atoms with Gasteiger partial charge in [0.2, 0.25) is 5.91 Å². The van der Waals surface area contributed by atoms with Crippen LogP contribution in [0.2, 0.25) is 0 Å². The number of nitrogens with zero attached hydrogens (tertiary/aromatic N) is 3. The third-order valence-electron chi connectivity index (χ3n) is 4.59. The average Bonchev–Trinajstić information content (AvgIpc) is 2.97. The van der Waals surface area contributed by atoms with E-state index in [1.807, 2.05) is 37.3 Å². The molecule has 1 aliphatic rings. The van der Waals surface area contributed by atoms with Gasteiger partial charge in [0, 0.05) is 6.54 Å². The molecule has 1 amide bonds. The Morgan fingerprint density at radius 1 is 1.38 bits per heavy atom. The SMILES string of the molecule is Cc1c(CC(=O)NCCC2CCCNC2)nnn1-c1ccccc1. The van der Waals surface area contributed by atoms with Crippen LogP contribution >= 0.6 is 0 Å². The lowest BCUT2D eigenvalue weighted by atomic mass is 9.96. The van der Waals surface area contributed by atoms with Crippen molar-refractivity contribution in [3.8, 4) is 5.69 Å². The largest absolute Gasteiger partial charge is 0.356 e. The van der Waals surface area contributed by atoms with Gasteiger partial charge in [0.05, 0.1) is 23.5 Å². The molecule has 2 aromatic rings. The fourth-order valence-electron chi connectivity index (χ4n) is 3.14. The summed E-state index contributed by atoms with van der Waals surface area (Å²) in [7, 11) is 0. The van der Waals surface area contributed by atoms with Crippen LogP contribution in [0.3, 0.4) is 0 Å². The summed E-state index contributed by atoms with van der Waals surface area (Å²) in [5.41, 5.74) is 2.60. The predicted molar refractivity (Wildman–Crippen MR) is 93.0 cm³/mol. The highest BCUT2D eigenvalue weighted by Crippen LogP contribution is 2.14. The zero-order chi connectivity index (χ0) is 16.8. The first-order valence-electron chi connectivity index (χ1n) is 8.68. The van der Waals surface area contributed by atoms with E-state index in [1.165, 1.54) is 12.8 Å². The van der Waals surface area contributed by atoms with E-state index < -0.39 is 0 Å². The summed E-state index contributed by atoms with van der Waals surface area (Å²) >= 11 is 0. The van der Waals surface area contributed by atoms with E-state index in [1.54, 1.807) is 4.68 Å². The molecule has 1 saturated heterocycles. The van der Waals surface area contributed by atoms with Crippen LogP contribution in [0.4, 0.5) is 0 Å². The number of aromatic nitrogens is 3. The van der Waals surface area contributed by atoms with Crippen LogP contribution in [-0.4, -0.2) is 40.5 Å². The minimum atomic E-state index is 0.0157. The van der Waals surface area contributed by atoms with E-state index in [4.69, 9.17) is 0 Å². The second-order valence-electron chi connectivity index (χ2n) is 6.40. The first-order valence-corrected chi connectivity index (χ1v) is 8.68. The number of hydrogen-bond acceptors (Lipinski definition) is 4. The van der Waals surface area contributed by atoms with Gasteiger partial charge in [-0.1, -0.05) is 23.4 Å². The number of rotatable bonds is 6. The Bertz CT molecular complexity index is 661. The third kappa shape index (κ3) is 4.20. The van der Waals surface area contributed by atoms with Gasteiger partial charge in [0.15, 0.2) is 0 Å². The van der Waals surface area contributed by atoms with Crippen molar-refractivity contribution < 1.29 is 4.79 Å². The molecule has 128 valence electrons. The second-order valence-corrected chi connectivity index (χ2v) is 6.40. The highest BCUT2D eigenvalue weighted by Gasteiger charge is 2.15. The van der Waals surface area contributed by atoms with Crippen LogP contribution in [0.1, 0.15) is 30.7 Å². The van der Waals surface area contributed by atoms with E-state index in [0.29, 0.717) is 5.92 Å². The van der Waals surface area contributed by atoms with Crippen LogP contribution < -0.4 is 10.6 Å². The molecule has 0 aliphatic carbocycles. The summed E-state index contributed by atoms with van der Waals surface area (Å²) in [4.78, 5) is 12.1. The van der Waals surface area contributed by atoms with Gasteiger partial charge >= 0.3 is 0 Å². The molecule has 6 nitrogen and oxygen atoms in total. The van der Waals surface area contributed by atoms with Crippen LogP contribution in [0.5, 0.6) is 0 Å². The van der Waals surface area contributed by atoms with E-state index in [-0.39, 0.29) is 12.3 Å². The van der Waals surface area contributed by atoms with Crippen molar-refractivity contribution >= 4 is 5.91 Å². The fraction of sp³-hybridized carbons (Fsp3) is 0.500. The molecule has 3 rings (SSSR count). The number of para-hydroxylation sites is 1. The maximum absolute atomic E-state index is 12.1. The normalized spacial score (nSPS) is 17.6. The van der Waals surface area contributed by atoms with Gasteiger partial charge in [0.25, 0.3) is 0 Å². The van der Waals surface area contributed by atoms with Gasteiger partial charge < -0.3 is 10.6 Å². The maximum atomic E-state index is 12.1. The second kappa shape index (κ2) is 8.06. The third-order valence-corrected chi connectivity index (χ3v) is 4.59. The van der Waals surface area contributed by atoms with Crippen LogP contribution in [-0.2, 0) is 11.2 Å². The molecule has 0 spiro atoms. The van der Waals surface area contributed by atoms with Crippen LogP contribution in [0, 0.1) is 12.8 Å². The molecular weight excluding hydrogens is 302 g/mol. The van der Waals surface area contributed by atoms with Crippen molar-refractivity contribution in [3.05, 3.63) is 41.7 Å². The Morgan fingerprint density at radius 2 is 2.21 bits per heavy atom. The number of piperidine rings is 1. The van der Waals surface area contributed by atoms with Gasteiger partial charge in [-0.2, -0.15) is 0 Å². The quantitative estimate of drug-likeness (QED) is 0.846. The molecule has 1 fully saturated rings. The monoisotopic (exact) mass is 327 g/mol. The van der Waals surface area contributed by atoms with Crippen molar-refractivity contribution in [1.29, 1.82) is 0 Å². The molecule has 0 bridgehead atoms. The van der Waals surface area contributed by atoms with Gasteiger partial charge in [-0.25, -0.2) is 4.68 Å². The first kappa shape index (κ1) is 16.6. The van der Waals surface area contributed by atoms with Crippen molar-refractivity contribution in [3.63, 3.8) is 0 Å². The minimum Gasteiger partial charge on any atom is -0.356 e. The number of hydrogen-bond donors (Lipinski definition) is 2. The van der Waals surface area contributed by atoms with Gasteiger partial charge in [0.1, 0.15) is 0 Å². The van der Waals surface area contributed by atoms with Gasteiger partial charge in [-0.05, 0) is 57.3 Å². The summed E-state index contributed by atoms with van der Waals surface area (Å²) in [6.07, 6.45) is 3.81. The molecule has 1 aliphatic heterocycles. The standard InChI is InChI=1S/C18H25N5O/c1-14-17(21-22-23(14)16-7-3-2-4-8-16)12-18(24)20-11-9-15-6-5-10-19-13-15/h2-4,7-8,15,19H,5-6,9-13H2,1H3,(H,20,24). The smallest absolute Gasteiger partial charge is 0.226 e. The van der Waals surface area contributed by atoms with Crippen molar-refractivity contribution in [2.24, 2.45) is 5.92 Å². The predicted octanol–water partition coefficient (Wildman–Crippen LogP) is 1.62. The molecule has 2 N–H and O–H groups in total. The molecule has 0 radical (unpaired) electrons. The van der Waals surface area contributed by atoms with Crippen molar-refractivity contribution in [2.45, 2.75) is 32.6 Å². The zero-order valence-corrected chi connectivity index (χ0v) is 14.2. The Hall–Kier alpha value is -2.21. The first-order chi connectivity index (χ1) is 11.7. The molecule has 1 aromatic heterocycles. The Morgan fingerprint density at radius 3 is 2.96 bits per heavy atom. The molecule has 1 unspecified atom stereocenters. The summed E-state index contributed by atoms with van der Waals surface area (Å²) in [5.74, 6) is 0.696. The molecule has 1 atom stereocenters.